The maximum Gasteiger partial charge on any atom is 0.410 e. The molecule has 0 saturated carbocycles. The first-order valence-corrected chi connectivity index (χ1v) is 6.69. The number of likely N-dealkylation sites (tertiary alicyclic amines) is 1. The highest BCUT2D eigenvalue weighted by molar-refractivity contribution is 5.68. The molecule has 1 fully saturated rings. The summed E-state index contributed by atoms with van der Waals surface area (Å²) < 4.78 is 5.36. The van der Waals surface area contributed by atoms with Crippen molar-refractivity contribution in [3.8, 4) is 0 Å². The molecular formula is C14H26N2O2. The smallest absolute Gasteiger partial charge is 0.410 e. The van der Waals surface area contributed by atoms with Crippen LogP contribution in [0.4, 0.5) is 4.79 Å². The largest absolute Gasteiger partial charge is 0.444 e. The van der Waals surface area contributed by atoms with Crippen molar-refractivity contribution in [1.82, 2.24) is 4.90 Å². The zero-order valence-corrected chi connectivity index (χ0v) is 11.9. The van der Waals surface area contributed by atoms with Crippen LogP contribution in [0.2, 0.25) is 0 Å². The second kappa shape index (κ2) is 6.23. The van der Waals surface area contributed by atoms with Crippen LogP contribution in [0.25, 0.3) is 0 Å². The number of carbonyl (C=O) groups is 1. The molecule has 0 atom stereocenters. The van der Waals surface area contributed by atoms with E-state index in [9.17, 15) is 4.79 Å². The summed E-state index contributed by atoms with van der Waals surface area (Å²) in [5.74, 6) is 0.507. The summed E-state index contributed by atoms with van der Waals surface area (Å²) in [4.78, 5) is 13.7. The van der Waals surface area contributed by atoms with Gasteiger partial charge in [-0.05, 0) is 52.5 Å². The number of nitrogens with zero attached hydrogens (tertiary/aromatic N) is 1. The molecule has 1 aliphatic heterocycles. The van der Waals surface area contributed by atoms with Crippen molar-refractivity contribution in [3.63, 3.8) is 0 Å². The Kier molecular flexibility index (Phi) is 5.20. The van der Waals surface area contributed by atoms with Crippen LogP contribution in [0.1, 0.15) is 40.0 Å². The van der Waals surface area contributed by atoms with Crippen LogP contribution in [0.5, 0.6) is 0 Å². The number of piperidine rings is 1. The molecule has 104 valence electrons. The van der Waals surface area contributed by atoms with E-state index in [1.54, 1.807) is 4.90 Å². The van der Waals surface area contributed by atoms with Crippen LogP contribution in [0.3, 0.4) is 0 Å². The zero-order valence-electron chi connectivity index (χ0n) is 11.9. The third-order valence-electron chi connectivity index (χ3n) is 3.19. The monoisotopic (exact) mass is 254 g/mol. The molecule has 2 N–H and O–H groups in total. The highest BCUT2D eigenvalue weighted by Crippen LogP contribution is 2.26. The average Bonchev–Trinajstić information content (AvgIpc) is 2.27. The first-order chi connectivity index (χ1) is 8.33. The Morgan fingerprint density at radius 3 is 2.39 bits per heavy atom. The predicted molar refractivity (Wildman–Crippen MR) is 73.3 cm³/mol. The van der Waals surface area contributed by atoms with Crippen molar-refractivity contribution in [2.24, 2.45) is 11.7 Å². The Bertz CT molecular complexity index is 299. The van der Waals surface area contributed by atoms with Crippen molar-refractivity contribution in [3.05, 3.63) is 12.2 Å². The Balaban J connectivity index is 2.39. The first kappa shape index (κ1) is 15.0. The molecule has 1 aliphatic rings. The van der Waals surface area contributed by atoms with E-state index in [-0.39, 0.29) is 6.09 Å². The topological polar surface area (TPSA) is 55.6 Å². The van der Waals surface area contributed by atoms with E-state index in [2.05, 4.69) is 6.58 Å². The molecule has 0 radical (unpaired) electrons. The molecule has 0 aromatic rings. The first-order valence-electron chi connectivity index (χ1n) is 6.69. The predicted octanol–water partition coefficient (Wildman–Crippen LogP) is 2.54. The Hall–Kier alpha value is -1.03. The zero-order chi connectivity index (χ0) is 13.8. The number of amides is 1. The van der Waals surface area contributed by atoms with Crippen molar-refractivity contribution in [2.75, 3.05) is 19.6 Å². The molecule has 1 heterocycles. The minimum absolute atomic E-state index is 0.203. The molecule has 18 heavy (non-hydrogen) atoms. The molecule has 0 aromatic heterocycles. The maximum atomic E-state index is 11.9. The fourth-order valence-corrected chi connectivity index (χ4v) is 2.19. The van der Waals surface area contributed by atoms with Crippen LogP contribution in [-0.4, -0.2) is 36.2 Å². The number of hydrogen-bond acceptors (Lipinski definition) is 3. The number of nitrogens with two attached hydrogens (primary N) is 1. The molecular weight excluding hydrogens is 228 g/mol. The number of hydrogen-bond donors (Lipinski definition) is 1. The highest BCUT2D eigenvalue weighted by Gasteiger charge is 2.27. The van der Waals surface area contributed by atoms with Gasteiger partial charge in [-0.25, -0.2) is 4.79 Å². The number of ether oxygens (including phenoxy) is 1. The van der Waals surface area contributed by atoms with Gasteiger partial charge in [0, 0.05) is 13.1 Å². The summed E-state index contributed by atoms with van der Waals surface area (Å²) in [6, 6.07) is 0. The van der Waals surface area contributed by atoms with E-state index in [1.807, 2.05) is 20.8 Å². The number of rotatable bonds is 3. The Labute approximate surface area is 110 Å². The number of carbonyl (C=O) groups excluding carboxylic acids is 1. The third-order valence-corrected chi connectivity index (χ3v) is 3.19. The van der Waals surface area contributed by atoms with Gasteiger partial charge in [-0.3, -0.25) is 0 Å². The highest BCUT2D eigenvalue weighted by atomic mass is 16.6. The van der Waals surface area contributed by atoms with Crippen molar-refractivity contribution < 1.29 is 9.53 Å². The molecule has 4 heteroatoms. The molecule has 4 nitrogen and oxygen atoms in total. The summed E-state index contributed by atoms with van der Waals surface area (Å²) in [7, 11) is 0. The molecule has 0 aromatic carbocycles. The summed E-state index contributed by atoms with van der Waals surface area (Å²) in [5.41, 5.74) is 6.34. The van der Waals surface area contributed by atoms with Crippen molar-refractivity contribution >= 4 is 6.09 Å². The normalized spacial score (nSPS) is 17.7. The quantitative estimate of drug-likeness (QED) is 0.787. The summed E-state index contributed by atoms with van der Waals surface area (Å²) in [6.07, 6.45) is 2.62. The SMILES string of the molecule is C=C(CCN)C1CCN(C(=O)OC(C)(C)C)CC1. The lowest BCUT2D eigenvalue weighted by molar-refractivity contribution is 0.0194. The van der Waals surface area contributed by atoms with Crippen LogP contribution < -0.4 is 5.73 Å². The van der Waals surface area contributed by atoms with Gasteiger partial charge in [0.15, 0.2) is 0 Å². The second-order valence-corrected chi connectivity index (χ2v) is 5.94. The van der Waals surface area contributed by atoms with Gasteiger partial charge in [0.2, 0.25) is 0 Å². The van der Waals surface area contributed by atoms with Gasteiger partial charge in [-0.15, -0.1) is 0 Å². The van der Waals surface area contributed by atoms with Gasteiger partial charge in [0.05, 0.1) is 0 Å². The van der Waals surface area contributed by atoms with Gasteiger partial charge in [0.1, 0.15) is 5.60 Å². The van der Waals surface area contributed by atoms with Crippen molar-refractivity contribution in [2.45, 2.75) is 45.6 Å². The standard InChI is InChI=1S/C14H26N2O2/c1-11(5-8-15)12-6-9-16(10-7-12)13(17)18-14(2,3)4/h12H,1,5-10,15H2,2-4H3. The van der Waals surface area contributed by atoms with E-state index < -0.39 is 5.60 Å². The average molecular weight is 254 g/mol. The van der Waals surface area contributed by atoms with Gasteiger partial charge < -0.3 is 15.4 Å². The van der Waals surface area contributed by atoms with Crippen LogP contribution >= 0.6 is 0 Å². The lowest BCUT2D eigenvalue weighted by Crippen LogP contribution is -2.42. The van der Waals surface area contributed by atoms with E-state index >= 15 is 0 Å². The molecule has 0 aliphatic carbocycles. The van der Waals surface area contributed by atoms with Crippen LogP contribution in [0, 0.1) is 5.92 Å². The summed E-state index contributed by atoms with van der Waals surface area (Å²) in [5, 5.41) is 0. The molecule has 0 bridgehead atoms. The third kappa shape index (κ3) is 4.69. The molecule has 1 saturated heterocycles. The van der Waals surface area contributed by atoms with E-state index in [0.29, 0.717) is 12.5 Å². The van der Waals surface area contributed by atoms with Crippen molar-refractivity contribution in [1.29, 1.82) is 0 Å². The van der Waals surface area contributed by atoms with Gasteiger partial charge in [0.25, 0.3) is 0 Å². The van der Waals surface area contributed by atoms with Crippen LogP contribution in [-0.2, 0) is 4.74 Å². The Morgan fingerprint density at radius 2 is 1.94 bits per heavy atom. The Morgan fingerprint density at radius 1 is 1.39 bits per heavy atom. The van der Waals surface area contributed by atoms with E-state index in [0.717, 1.165) is 32.4 Å². The maximum absolute atomic E-state index is 11.9. The van der Waals surface area contributed by atoms with Crippen LogP contribution in [0.15, 0.2) is 12.2 Å². The molecule has 0 unspecified atom stereocenters. The second-order valence-electron chi connectivity index (χ2n) is 5.94. The minimum Gasteiger partial charge on any atom is -0.444 e. The fraction of sp³-hybridized carbons (Fsp3) is 0.786. The fourth-order valence-electron chi connectivity index (χ4n) is 2.19. The van der Waals surface area contributed by atoms with Gasteiger partial charge in [-0.1, -0.05) is 12.2 Å². The van der Waals surface area contributed by atoms with E-state index in [4.69, 9.17) is 10.5 Å². The molecule has 1 rings (SSSR count). The van der Waals surface area contributed by atoms with E-state index in [1.165, 1.54) is 5.57 Å². The molecule has 1 amide bonds. The van der Waals surface area contributed by atoms with Gasteiger partial charge in [-0.2, -0.15) is 0 Å². The lowest BCUT2D eigenvalue weighted by Gasteiger charge is -2.34. The summed E-state index contributed by atoms with van der Waals surface area (Å²) >= 11 is 0. The summed E-state index contributed by atoms with van der Waals surface area (Å²) in [6.45, 7) is 11.9. The minimum atomic E-state index is -0.420. The lowest BCUT2D eigenvalue weighted by atomic mass is 9.88. The van der Waals surface area contributed by atoms with Gasteiger partial charge >= 0.3 is 6.09 Å². The molecule has 0 spiro atoms.